The Labute approximate surface area is 178 Å². The van der Waals surface area contributed by atoms with Gasteiger partial charge in [-0.25, -0.2) is 0 Å². The Kier molecular flexibility index (Phi) is 6.70. The van der Waals surface area contributed by atoms with Crippen LogP contribution in [0.5, 0.6) is 5.75 Å². The van der Waals surface area contributed by atoms with Crippen LogP contribution in [0.3, 0.4) is 0 Å². The molecule has 3 rings (SSSR count). The zero-order valence-corrected chi connectivity index (χ0v) is 17.4. The zero-order valence-electron chi connectivity index (χ0n) is 15.2. The second-order valence-corrected chi connectivity index (χ2v) is 7.74. The average molecular weight is 442 g/mol. The largest absolute Gasteiger partial charge is 0.494 e. The van der Waals surface area contributed by atoms with E-state index in [1.54, 1.807) is 41.3 Å². The number of likely N-dealkylation sites (tertiary alicyclic amines) is 1. The number of halogens is 3. The summed E-state index contributed by atoms with van der Waals surface area (Å²) in [6, 6.07) is 9.96. The van der Waals surface area contributed by atoms with Crippen molar-refractivity contribution in [3.63, 3.8) is 0 Å². The maximum absolute atomic E-state index is 12.7. The molecule has 5 nitrogen and oxygen atoms in total. The smallest absolute Gasteiger partial charge is 0.256 e. The van der Waals surface area contributed by atoms with Crippen LogP contribution in [0.1, 0.15) is 33.6 Å². The lowest BCUT2D eigenvalue weighted by Gasteiger charge is -2.32. The molecule has 2 amide bonds. The van der Waals surface area contributed by atoms with Crippen molar-refractivity contribution >= 4 is 46.6 Å². The van der Waals surface area contributed by atoms with E-state index in [1.807, 2.05) is 0 Å². The topological polar surface area (TPSA) is 58.6 Å². The van der Waals surface area contributed by atoms with Crippen molar-refractivity contribution < 1.29 is 14.3 Å². The van der Waals surface area contributed by atoms with E-state index in [-0.39, 0.29) is 34.2 Å². The van der Waals surface area contributed by atoms with Crippen LogP contribution < -0.4 is 10.1 Å². The average Bonchev–Trinajstić information content (AvgIpc) is 2.69. The molecule has 0 saturated carbocycles. The van der Waals surface area contributed by atoms with E-state index in [1.165, 1.54) is 7.11 Å². The van der Waals surface area contributed by atoms with E-state index >= 15 is 0 Å². The minimum Gasteiger partial charge on any atom is -0.494 e. The molecule has 1 fully saturated rings. The highest BCUT2D eigenvalue weighted by atomic mass is 35.5. The van der Waals surface area contributed by atoms with Crippen LogP contribution in [-0.2, 0) is 0 Å². The minimum absolute atomic E-state index is 0.0631. The first-order valence-electron chi connectivity index (χ1n) is 8.78. The lowest BCUT2D eigenvalue weighted by Crippen LogP contribution is -2.46. The molecule has 8 heteroatoms. The number of hydrogen-bond acceptors (Lipinski definition) is 3. The summed E-state index contributed by atoms with van der Waals surface area (Å²) in [6.07, 6.45) is 1.27. The van der Waals surface area contributed by atoms with E-state index in [9.17, 15) is 9.59 Å². The fourth-order valence-corrected chi connectivity index (χ4v) is 3.89. The Balaban J connectivity index is 1.63. The van der Waals surface area contributed by atoms with Crippen molar-refractivity contribution in [2.24, 2.45) is 0 Å². The number of nitrogens with zero attached hydrogens (tertiary/aromatic N) is 1. The molecule has 0 aromatic heterocycles. The Morgan fingerprint density at radius 3 is 2.39 bits per heavy atom. The summed E-state index contributed by atoms with van der Waals surface area (Å²) in [5.41, 5.74) is 0.777. The fraction of sp³-hybridized carbons (Fsp3) is 0.300. The highest BCUT2D eigenvalue weighted by Crippen LogP contribution is 2.34. The van der Waals surface area contributed by atoms with Crippen molar-refractivity contribution in [1.29, 1.82) is 0 Å². The molecule has 0 bridgehead atoms. The number of benzene rings is 2. The van der Waals surface area contributed by atoms with E-state index in [0.717, 1.165) is 0 Å². The number of methoxy groups -OCH3 is 1. The molecular weight excluding hydrogens is 423 g/mol. The van der Waals surface area contributed by atoms with Gasteiger partial charge in [0.2, 0.25) is 0 Å². The highest BCUT2D eigenvalue weighted by Gasteiger charge is 2.27. The zero-order chi connectivity index (χ0) is 20.3. The van der Waals surface area contributed by atoms with Gasteiger partial charge in [0.15, 0.2) is 5.75 Å². The molecule has 1 aliphatic rings. The highest BCUT2D eigenvalue weighted by molar-refractivity contribution is 6.37. The first-order valence-corrected chi connectivity index (χ1v) is 9.91. The number of carbonyl (C=O) groups excluding carboxylic acids is 2. The summed E-state index contributed by atoms with van der Waals surface area (Å²) in [7, 11) is 1.44. The number of nitrogens with one attached hydrogen (secondary N) is 1. The van der Waals surface area contributed by atoms with Crippen molar-refractivity contribution in [2.75, 3.05) is 20.2 Å². The molecule has 1 N–H and O–H groups in total. The van der Waals surface area contributed by atoms with Gasteiger partial charge in [-0.15, -0.1) is 0 Å². The van der Waals surface area contributed by atoms with Gasteiger partial charge in [0, 0.05) is 29.7 Å². The number of ether oxygens (including phenoxy) is 1. The summed E-state index contributed by atoms with van der Waals surface area (Å²) in [5, 5.41) is 4.08. The van der Waals surface area contributed by atoms with E-state index < -0.39 is 0 Å². The third-order valence-corrected chi connectivity index (χ3v) is 5.53. The van der Waals surface area contributed by atoms with E-state index in [0.29, 0.717) is 41.5 Å². The number of piperidine rings is 1. The van der Waals surface area contributed by atoms with Crippen LogP contribution in [0.4, 0.5) is 0 Å². The van der Waals surface area contributed by atoms with Gasteiger partial charge in [-0.1, -0.05) is 40.9 Å². The molecule has 2 aromatic carbocycles. The molecule has 1 heterocycles. The quantitative estimate of drug-likeness (QED) is 0.749. The molecule has 28 heavy (non-hydrogen) atoms. The molecule has 0 radical (unpaired) electrons. The first kappa shape index (κ1) is 20.8. The van der Waals surface area contributed by atoms with Crippen LogP contribution >= 0.6 is 34.8 Å². The molecule has 0 spiro atoms. The standard InChI is InChI=1S/C20H19Cl3N2O3/c1-28-18-16(23)6-5-15(22)17(18)19(26)24-14-7-9-25(10-8-14)20(27)12-3-2-4-13(21)11-12/h2-6,11,14H,7-10H2,1H3,(H,24,26). The van der Waals surface area contributed by atoms with Gasteiger partial charge >= 0.3 is 0 Å². The molecule has 1 saturated heterocycles. The molecule has 148 valence electrons. The Hall–Kier alpha value is -1.95. The van der Waals surface area contributed by atoms with Crippen molar-refractivity contribution in [2.45, 2.75) is 18.9 Å². The van der Waals surface area contributed by atoms with Gasteiger partial charge in [0.25, 0.3) is 11.8 Å². The first-order chi connectivity index (χ1) is 13.4. The lowest BCUT2D eigenvalue weighted by atomic mass is 10.0. The molecular formula is C20H19Cl3N2O3. The van der Waals surface area contributed by atoms with E-state index in [2.05, 4.69) is 5.32 Å². The van der Waals surface area contributed by atoms with Crippen LogP contribution in [0.25, 0.3) is 0 Å². The van der Waals surface area contributed by atoms with Gasteiger partial charge in [0.05, 0.1) is 17.2 Å². The molecule has 1 aliphatic heterocycles. The number of rotatable bonds is 4. The van der Waals surface area contributed by atoms with E-state index in [4.69, 9.17) is 39.5 Å². The van der Waals surface area contributed by atoms with Gasteiger partial charge in [-0.2, -0.15) is 0 Å². The van der Waals surface area contributed by atoms with Crippen LogP contribution in [0.15, 0.2) is 36.4 Å². The Bertz CT molecular complexity index is 896. The minimum atomic E-state index is -0.344. The normalized spacial score (nSPS) is 14.6. The van der Waals surface area contributed by atoms with Gasteiger partial charge in [0.1, 0.15) is 5.56 Å². The summed E-state index contributed by atoms with van der Waals surface area (Å²) in [5.74, 6) is -0.156. The third-order valence-electron chi connectivity index (χ3n) is 4.68. The van der Waals surface area contributed by atoms with Gasteiger partial charge in [-0.3, -0.25) is 9.59 Å². The number of hydrogen-bond donors (Lipinski definition) is 1. The molecule has 0 unspecified atom stereocenters. The van der Waals surface area contributed by atoms with Crippen molar-refractivity contribution in [3.8, 4) is 5.75 Å². The monoisotopic (exact) mass is 440 g/mol. The third kappa shape index (κ3) is 4.54. The van der Waals surface area contributed by atoms with Gasteiger partial charge in [-0.05, 0) is 43.2 Å². The van der Waals surface area contributed by atoms with Gasteiger partial charge < -0.3 is 15.0 Å². The summed E-state index contributed by atoms with van der Waals surface area (Å²) < 4.78 is 5.23. The van der Waals surface area contributed by atoms with Crippen molar-refractivity contribution in [3.05, 3.63) is 62.6 Å². The fourth-order valence-electron chi connectivity index (χ4n) is 3.23. The molecule has 0 aliphatic carbocycles. The second-order valence-electron chi connectivity index (χ2n) is 6.49. The molecule has 2 aromatic rings. The van der Waals surface area contributed by atoms with Crippen LogP contribution in [-0.4, -0.2) is 43.0 Å². The summed E-state index contributed by atoms with van der Waals surface area (Å²) in [6.45, 7) is 1.08. The SMILES string of the molecule is COc1c(Cl)ccc(Cl)c1C(=O)NC1CCN(C(=O)c2cccc(Cl)c2)CC1. The lowest BCUT2D eigenvalue weighted by molar-refractivity contribution is 0.0698. The van der Waals surface area contributed by atoms with Crippen LogP contribution in [0, 0.1) is 0 Å². The molecule has 0 atom stereocenters. The number of carbonyl (C=O) groups is 2. The predicted octanol–water partition coefficient (Wildman–Crippen LogP) is 4.69. The van der Waals surface area contributed by atoms with Crippen LogP contribution in [0.2, 0.25) is 15.1 Å². The predicted molar refractivity (Wildman–Crippen MR) is 111 cm³/mol. The second kappa shape index (κ2) is 9.03. The maximum atomic E-state index is 12.7. The Morgan fingerprint density at radius 2 is 1.75 bits per heavy atom. The summed E-state index contributed by atoms with van der Waals surface area (Å²) in [4.78, 5) is 27.1. The maximum Gasteiger partial charge on any atom is 0.256 e. The number of amides is 2. The van der Waals surface area contributed by atoms with Crippen molar-refractivity contribution in [1.82, 2.24) is 10.2 Å². The summed E-state index contributed by atoms with van der Waals surface area (Å²) >= 11 is 18.2. The Morgan fingerprint density at radius 1 is 1.07 bits per heavy atom.